The van der Waals surface area contributed by atoms with Crippen LogP contribution in [0.15, 0.2) is 18.2 Å². The van der Waals surface area contributed by atoms with E-state index >= 15 is 0 Å². The molecule has 0 aromatic heterocycles. The number of nitrogens with zero attached hydrogens (tertiary/aromatic N) is 2. The molecule has 2 aliphatic rings. The second-order valence-electron chi connectivity index (χ2n) is 7.59. The van der Waals surface area contributed by atoms with E-state index < -0.39 is 0 Å². The SMILES string of the molecule is CC(C)(C)N1CCCN(C(=O)NCCOc2ccc3c(c2)OCO3)CC1. The van der Waals surface area contributed by atoms with Gasteiger partial charge in [0, 0.05) is 37.8 Å². The molecule has 7 nitrogen and oxygen atoms in total. The molecule has 26 heavy (non-hydrogen) atoms. The van der Waals surface area contributed by atoms with Gasteiger partial charge in [0.05, 0.1) is 6.54 Å². The zero-order chi connectivity index (χ0) is 18.6. The number of carbonyl (C=O) groups excluding carboxylic acids is 1. The van der Waals surface area contributed by atoms with Gasteiger partial charge in [0.2, 0.25) is 6.79 Å². The molecular weight excluding hydrogens is 334 g/mol. The summed E-state index contributed by atoms with van der Waals surface area (Å²) in [5.41, 5.74) is 0.144. The van der Waals surface area contributed by atoms with Gasteiger partial charge in [0.1, 0.15) is 12.4 Å². The Balaban J connectivity index is 1.39. The van der Waals surface area contributed by atoms with Gasteiger partial charge in [-0.05, 0) is 39.3 Å². The van der Waals surface area contributed by atoms with E-state index in [4.69, 9.17) is 14.2 Å². The molecule has 7 heteroatoms. The predicted octanol–water partition coefficient (Wildman–Crippen LogP) is 2.31. The van der Waals surface area contributed by atoms with Crippen LogP contribution in [0, 0.1) is 0 Å². The molecule has 1 N–H and O–H groups in total. The van der Waals surface area contributed by atoms with E-state index in [0.29, 0.717) is 24.7 Å². The van der Waals surface area contributed by atoms with Crippen molar-refractivity contribution >= 4 is 6.03 Å². The average Bonchev–Trinajstić information content (AvgIpc) is 2.90. The zero-order valence-electron chi connectivity index (χ0n) is 15.9. The second kappa shape index (κ2) is 8.03. The lowest BCUT2D eigenvalue weighted by molar-refractivity contribution is 0.141. The van der Waals surface area contributed by atoms with Crippen LogP contribution in [-0.4, -0.2) is 67.5 Å². The summed E-state index contributed by atoms with van der Waals surface area (Å²) < 4.78 is 16.3. The van der Waals surface area contributed by atoms with Crippen LogP contribution in [0.1, 0.15) is 27.2 Å². The van der Waals surface area contributed by atoms with Crippen LogP contribution < -0.4 is 19.5 Å². The smallest absolute Gasteiger partial charge is 0.317 e. The van der Waals surface area contributed by atoms with Gasteiger partial charge in [-0.25, -0.2) is 4.79 Å². The van der Waals surface area contributed by atoms with Crippen molar-refractivity contribution in [3.8, 4) is 17.2 Å². The molecule has 1 aromatic rings. The Hall–Kier alpha value is -2.15. The van der Waals surface area contributed by atoms with Crippen molar-refractivity contribution in [2.75, 3.05) is 46.1 Å². The van der Waals surface area contributed by atoms with Crippen LogP contribution in [0.2, 0.25) is 0 Å². The summed E-state index contributed by atoms with van der Waals surface area (Å²) in [7, 11) is 0. The third-order valence-electron chi connectivity index (χ3n) is 4.72. The number of rotatable bonds is 4. The number of amides is 2. The molecule has 0 spiro atoms. The summed E-state index contributed by atoms with van der Waals surface area (Å²) in [6.45, 7) is 11.3. The van der Waals surface area contributed by atoms with Gasteiger partial charge in [0.15, 0.2) is 11.5 Å². The lowest BCUT2D eigenvalue weighted by Crippen LogP contribution is -2.46. The highest BCUT2D eigenvalue weighted by Crippen LogP contribution is 2.34. The molecule has 1 aromatic carbocycles. The number of nitrogens with one attached hydrogen (secondary N) is 1. The fourth-order valence-electron chi connectivity index (χ4n) is 3.20. The first kappa shape index (κ1) is 18.6. The van der Waals surface area contributed by atoms with Crippen LogP contribution in [0.4, 0.5) is 4.79 Å². The Morgan fingerprint density at radius 1 is 1.15 bits per heavy atom. The summed E-state index contributed by atoms with van der Waals surface area (Å²) in [5.74, 6) is 2.13. The molecule has 0 radical (unpaired) electrons. The van der Waals surface area contributed by atoms with Crippen molar-refractivity contribution in [2.24, 2.45) is 0 Å². The predicted molar refractivity (Wildman–Crippen MR) is 99.0 cm³/mol. The highest BCUT2D eigenvalue weighted by molar-refractivity contribution is 5.74. The van der Waals surface area contributed by atoms with Gasteiger partial charge in [-0.1, -0.05) is 0 Å². The second-order valence-corrected chi connectivity index (χ2v) is 7.59. The van der Waals surface area contributed by atoms with E-state index in [9.17, 15) is 4.79 Å². The van der Waals surface area contributed by atoms with E-state index in [1.165, 1.54) is 0 Å². The van der Waals surface area contributed by atoms with Crippen LogP contribution >= 0.6 is 0 Å². The van der Waals surface area contributed by atoms with Crippen molar-refractivity contribution in [3.05, 3.63) is 18.2 Å². The summed E-state index contributed by atoms with van der Waals surface area (Å²) in [6, 6.07) is 5.45. The summed E-state index contributed by atoms with van der Waals surface area (Å²) in [4.78, 5) is 16.7. The molecule has 0 atom stereocenters. The first-order valence-corrected chi connectivity index (χ1v) is 9.24. The number of fused-ring (bicyclic) bond motifs is 1. The van der Waals surface area contributed by atoms with Gasteiger partial charge >= 0.3 is 6.03 Å². The first-order chi connectivity index (χ1) is 12.4. The molecule has 3 rings (SSSR count). The average molecular weight is 363 g/mol. The van der Waals surface area contributed by atoms with Crippen molar-refractivity contribution in [3.63, 3.8) is 0 Å². The quantitative estimate of drug-likeness (QED) is 0.832. The third-order valence-corrected chi connectivity index (χ3v) is 4.72. The molecule has 1 saturated heterocycles. The zero-order valence-corrected chi connectivity index (χ0v) is 15.9. The number of ether oxygens (including phenoxy) is 3. The van der Waals surface area contributed by atoms with E-state index in [1.807, 2.05) is 17.0 Å². The van der Waals surface area contributed by atoms with Crippen molar-refractivity contribution in [1.82, 2.24) is 15.1 Å². The van der Waals surface area contributed by atoms with Crippen LogP contribution in [0.25, 0.3) is 0 Å². The number of carbonyl (C=O) groups is 1. The lowest BCUT2D eigenvalue weighted by Gasteiger charge is -2.34. The molecular formula is C19H29N3O4. The Morgan fingerprint density at radius 3 is 2.77 bits per heavy atom. The minimum Gasteiger partial charge on any atom is -0.492 e. The molecule has 0 bridgehead atoms. The molecule has 0 unspecified atom stereocenters. The van der Waals surface area contributed by atoms with Gasteiger partial charge < -0.3 is 24.4 Å². The summed E-state index contributed by atoms with van der Waals surface area (Å²) in [5, 5.41) is 2.94. The van der Waals surface area contributed by atoms with Crippen LogP contribution in [0.3, 0.4) is 0 Å². The minimum absolute atomic E-state index is 0.0185. The molecule has 1 fully saturated rings. The first-order valence-electron chi connectivity index (χ1n) is 9.24. The number of urea groups is 1. The van der Waals surface area contributed by atoms with Gasteiger partial charge in [-0.2, -0.15) is 0 Å². The van der Waals surface area contributed by atoms with Crippen molar-refractivity contribution < 1.29 is 19.0 Å². The lowest BCUT2D eigenvalue weighted by atomic mass is 10.1. The molecule has 0 saturated carbocycles. The monoisotopic (exact) mass is 363 g/mol. The fraction of sp³-hybridized carbons (Fsp3) is 0.632. The Bertz CT molecular complexity index is 630. The van der Waals surface area contributed by atoms with Gasteiger partial charge in [0.25, 0.3) is 0 Å². The highest BCUT2D eigenvalue weighted by atomic mass is 16.7. The highest BCUT2D eigenvalue weighted by Gasteiger charge is 2.25. The van der Waals surface area contributed by atoms with Gasteiger partial charge in [-0.15, -0.1) is 0 Å². The maximum absolute atomic E-state index is 12.4. The Labute approximate surface area is 155 Å². The van der Waals surface area contributed by atoms with E-state index in [1.54, 1.807) is 6.07 Å². The van der Waals surface area contributed by atoms with Crippen molar-refractivity contribution in [2.45, 2.75) is 32.7 Å². The minimum atomic E-state index is -0.0185. The molecule has 144 valence electrons. The maximum Gasteiger partial charge on any atom is 0.317 e. The Kier molecular flexibility index (Phi) is 5.76. The number of hydrogen-bond acceptors (Lipinski definition) is 5. The summed E-state index contributed by atoms with van der Waals surface area (Å²) in [6.07, 6.45) is 0.998. The van der Waals surface area contributed by atoms with Crippen LogP contribution in [-0.2, 0) is 0 Å². The number of hydrogen-bond donors (Lipinski definition) is 1. The fourth-order valence-corrected chi connectivity index (χ4v) is 3.20. The van der Waals surface area contributed by atoms with Gasteiger partial charge in [-0.3, -0.25) is 4.90 Å². The largest absolute Gasteiger partial charge is 0.492 e. The van der Waals surface area contributed by atoms with E-state index in [0.717, 1.165) is 38.3 Å². The van der Waals surface area contributed by atoms with E-state index in [-0.39, 0.29) is 18.4 Å². The molecule has 2 amide bonds. The maximum atomic E-state index is 12.4. The summed E-state index contributed by atoms with van der Waals surface area (Å²) >= 11 is 0. The molecule has 2 heterocycles. The standard InChI is InChI=1S/C19H29N3O4/c1-19(2,3)22-9-4-8-21(10-11-22)18(23)20-7-12-24-15-5-6-16-17(13-15)26-14-25-16/h5-6,13H,4,7-12,14H2,1-3H3,(H,20,23). The normalized spacial score (nSPS) is 17.7. The topological polar surface area (TPSA) is 63.3 Å². The third kappa shape index (κ3) is 4.72. The number of benzene rings is 1. The van der Waals surface area contributed by atoms with Crippen LogP contribution in [0.5, 0.6) is 17.2 Å². The molecule has 0 aliphatic carbocycles. The van der Waals surface area contributed by atoms with E-state index in [2.05, 4.69) is 31.0 Å². The molecule has 2 aliphatic heterocycles. The van der Waals surface area contributed by atoms with Crippen molar-refractivity contribution in [1.29, 1.82) is 0 Å². The Morgan fingerprint density at radius 2 is 1.96 bits per heavy atom.